The third-order valence-corrected chi connectivity index (χ3v) is 6.10. The number of anilines is 1. The second-order valence-electron chi connectivity index (χ2n) is 6.42. The molecule has 4 rings (SSSR count). The average molecular weight is 428 g/mol. The maximum absolute atomic E-state index is 13.2. The fourth-order valence-corrected chi connectivity index (χ4v) is 4.79. The van der Waals surface area contributed by atoms with E-state index in [9.17, 15) is 22.8 Å². The summed E-state index contributed by atoms with van der Waals surface area (Å²) >= 11 is 7.32. The van der Waals surface area contributed by atoms with Gasteiger partial charge in [-0.15, -0.1) is 11.3 Å². The summed E-state index contributed by atoms with van der Waals surface area (Å²) in [6, 6.07) is 3.23. The predicted octanol–water partition coefficient (Wildman–Crippen LogP) is 4.26. The first-order chi connectivity index (χ1) is 13.3. The molecule has 2 aromatic heterocycles. The number of benzene rings is 1. The van der Waals surface area contributed by atoms with E-state index in [1.165, 1.54) is 23.7 Å². The summed E-state index contributed by atoms with van der Waals surface area (Å²) in [6.07, 6.45) is -0.770. The molecule has 0 radical (unpaired) electrons. The standard InChI is InChI=1S/C18H13ClF3N3O2S/c19-11-5-2-4-10(18(20,21)22)15(11)24-13(26)7-25-8-23-16-14(17(25)27)9-3-1-6-12(9)28-16/h2,4-5,8H,1,3,6-7H2,(H,24,26). The van der Waals surface area contributed by atoms with Crippen molar-refractivity contribution < 1.29 is 18.0 Å². The van der Waals surface area contributed by atoms with E-state index in [4.69, 9.17) is 11.6 Å². The predicted molar refractivity (Wildman–Crippen MR) is 101 cm³/mol. The molecule has 0 unspecified atom stereocenters. The number of carbonyl (C=O) groups excluding carboxylic acids is 1. The number of rotatable bonds is 3. The molecule has 0 bridgehead atoms. The number of nitrogens with one attached hydrogen (secondary N) is 1. The highest BCUT2D eigenvalue weighted by molar-refractivity contribution is 7.18. The molecule has 0 spiro atoms. The number of para-hydroxylation sites is 1. The third-order valence-electron chi connectivity index (χ3n) is 4.59. The zero-order valence-corrected chi connectivity index (χ0v) is 15.8. The van der Waals surface area contributed by atoms with Crippen LogP contribution in [-0.2, 0) is 30.4 Å². The van der Waals surface area contributed by atoms with Gasteiger partial charge in [0.25, 0.3) is 5.56 Å². The molecule has 0 saturated heterocycles. The lowest BCUT2D eigenvalue weighted by atomic mass is 10.1. The topological polar surface area (TPSA) is 64.0 Å². The van der Waals surface area contributed by atoms with Gasteiger partial charge < -0.3 is 5.32 Å². The molecule has 28 heavy (non-hydrogen) atoms. The molecule has 146 valence electrons. The number of amides is 1. The van der Waals surface area contributed by atoms with Crippen molar-refractivity contribution in [2.75, 3.05) is 5.32 Å². The molecule has 1 aliphatic carbocycles. The van der Waals surface area contributed by atoms with Gasteiger partial charge in [-0.05, 0) is 37.0 Å². The van der Waals surface area contributed by atoms with Crippen LogP contribution >= 0.6 is 22.9 Å². The highest BCUT2D eigenvalue weighted by Crippen LogP contribution is 2.38. The highest BCUT2D eigenvalue weighted by atomic mass is 35.5. The van der Waals surface area contributed by atoms with Gasteiger partial charge in [-0.3, -0.25) is 14.2 Å². The zero-order valence-electron chi connectivity index (χ0n) is 14.3. The Morgan fingerprint density at radius 3 is 2.86 bits per heavy atom. The summed E-state index contributed by atoms with van der Waals surface area (Å²) in [6.45, 7) is -0.463. The Morgan fingerprint density at radius 1 is 1.32 bits per heavy atom. The number of thiophene rings is 1. The monoisotopic (exact) mass is 427 g/mol. The first-order valence-corrected chi connectivity index (χ1v) is 9.60. The molecule has 0 fully saturated rings. The van der Waals surface area contributed by atoms with Crippen molar-refractivity contribution in [2.24, 2.45) is 0 Å². The molecule has 5 nitrogen and oxygen atoms in total. The second-order valence-corrected chi connectivity index (χ2v) is 7.91. The number of hydrogen-bond acceptors (Lipinski definition) is 4. The fraction of sp³-hybridized carbons (Fsp3) is 0.278. The molecule has 0 saturated carbocycles. The maximum Gasteiger partial charge on any atom is 0.418 e. The molecule has 3 aromatic rings. The van der Waals surface area contributed by atoms with Gasteiger partial charge in [0, 0.05) is 4.88 Å². The Bertz CT molecular complexity index is 1150. The van der Waals surface area contributed by atoms with Gasteiger partial charge in [0.15, 0.2) is 0 Å². The number of carbonyl (C=O) groups is 1. The Hall–Kier alpha value is -2.39. The number of nitrogens with zero attached hydrogens (tertiary/aromatic N) is 2. The van der Waals surface area contributed by atoms with Crippen LogP contribution in [0.25, 0.3) is 10.2 Å². The van der Waals surface area contributed by atoms with Crippen LogP contribution in [0.1, 0.15) is 22.4 Å². The van der Waals surface area contributed by atoms with E-state index in [0.29, 0.717) is 10.2 Å². The van der Waals surface area contributed by atoms with Crippen LogP contribution in [0.5, 0.6) is 0 Å². The molecular formula is C18H13ClF3N3O2S. The first kappa shape index (κ1) is 18.9. The summed E-state index contributed by atoms with van der Waals surface area (Å²) in [4.78, 5) is 31.1. The van der Waals surface area contributed by atoms with Crippen LogP contribution < -0.4 is 10.9 Å². The van der Waals surface area contributed by atoms with Gasteiger partial charge in [-0.1, -0.05) is 17.7 Å². The van der Waals surface area contributed by atoms with Crippen molar-refractivity contribution in [3.63, 3.8) is 0 Å². The fourth-order valence-electron chi connectivity index (χ4n) is 3.35. The van der Waals surface area contributed by atoms with E-state index in [-0.39, 0.29) is 10.6 Å². The third kappa shape index (κ3) is 3.29. The van der Waals surface area contributed by atoms with Gasteiger partial charge >= 0.3 is 6.18 Å². The molecule has 0 atom stereocenters. The highest BCUT2D eigenvalue weighted by Gasteiger charge is 2.34. The van der Waals surface area contributed by atoms with E-state index in [0.717, 1.165) is 46.4 Å². The van der Waals surface area contributed by atoms with E-state index < -0.39 is 29.9 Å². The number of aryl methyl sites for hydroxylation is 2. The van der Waals surface area contributed by atoms with Crippen molar-refractivity contribution in [2.45, 2.75) is 32.0 Å². The Morgan fingerprint density at radius 2 is 2.11 bits per heavy atom. The second kappa shape index (κ2) is 6.89. The summed E-state index contributed by atoms with van der Waals surface area (Å²) in [5.41, 5.74) is -0.974. The van der Waals surface area contributed by atoms with Gasteiger partial charge in [0.05, 0.1) is 28.0 Å². The molecule has 10 heteroatoms. The molecule has 0 aliphatic heterocycles. The van der Waals surface area contributed by atoms with Crippen molar-refractivity contribution in [3.8, 4) is 0 Å². The number of hydrogen-bond donors (Lipinski definition) is 1. The normalized spacial score (nSPS) is 13.7. The lowest BCUT2D eigenvalue weighted by Gasteiger charge is -2.15. The van der Waals surface area contributed by atoms with Crippen LogP contribution in [0.2, 0.25) is 5.02 Å². The quantitative estimate of drug-likeness (QED) is 0.679. The minimum Gasteiger partial charge on any atom is -0.323 e. The average Bonchev–Trinajstić information content (AvgIpc) is 3.19. The summed E-state index contributed by atoms with van der Waals surface area (Å²) in [5.74, 6) is -0.797. The molecule has 1 N–H and O–H groups in total. The van der Waals surface area contributed by atoms with Crippen LogP contribution in [0, 0.1) is 0 Å². The summed E-state index contributed by atoms with van der Waals surface area (Å²) < 4.78 is 40.6. The number of alkyl halides is 3. The number of aromatic nitrogens is 2. The molecule has 1 amide bonds. The Balaban J connectivity index is 1.64. The van der Waals surface area contributed by atoms with Crippen LogP contribution in [0.3, 0.4) is 0 Å². The van der Waals surface area contributed by atoms with E-state index in [2.05, 4.69) is 10.3 Å². The lowest BCUT2D eigenvalue weighted by Crippen LogP contribution is -2.28. The molecule has 1 aromatic carbocycles. The maximum atomic E-state index is 13.2. The molecule has 2 heterocycles. The number of fused-ring (bicyclic) bond motifs is 3. The van der Waals surface area contributed by atoms with Crippen LogP contribution in [0.4, 0.5) is 18.9 Å². The summed E-state index contributed by atoms with van der Waals surface area (Å²) in [7, 11) is 0. The van der Waals surface area contributed by atoms with Gasteiger partial charge in [-0.2, -0.15) is 13.2 Å². The van der Waals surface area contributed by atoms with Crippen molar-refractivity contribution in [1.82, 2.24) is 9.55 Å². The summed E-state index contributed by atoms with van der Waals surface area (Å²) in [5, 5.41) is 2.44. The Kier molecular flexibility index (Phi) is 4.67. The minimum atomic E-state index is -4.68. The van der Waals surface area contributed by atoms with Gasteiger partial charge in [0.2, 0.25) is 5.91 Å². The molecular weight excluding hydrogens is 415 g/mol. The van der Waals surface area contributed by atoms with Gasteiger partial charge in [-0.25, -0.2) is 4.98 Å². The lowest BCUT2D eigenvalue weighted by molar-refractivity contribution is -0.137. The first-order valence-electron chi connectivity index (χ1n) is 8.41. The zero-order chi connectivity index (χ0) is 20.1. The SMILES string of the molecule is O=C(Cn1cnc2sc3c(c2c1=O)CCC3)Nc1c(Cl)cccc1C(F)(F)F. The molecule has 1 aliphatic rings. The van der Waals surface area contributed by atoms with E-state index >= 15 is 0 Å². The smallest absolute Gasteiger partial charge is 0.323 e. The van der Waals surface area contributed by atoms with Crippen molar-refractivity contribution in [3.05, 3.63) is 55.9 Å². The van der Waals surface area contributed by atoms with Crippen LogP contribution in [0.15, 0.2) is 29.3 Å². The minimum absolute atomic E-state index is 0.236. The Labute approximate surface area is 165 Å². The van der Waals surface area contributed by atoms with E-state index in [1.807, 2.05) is 0 Å². The largest absolute Gasteiger partial charge is 0.418 e. The van der Waals surface area contributed by atoms with Crippen molar-refractivity contribution >= 4 is 44.7 Å². The van der Waals surface area contributed by atoms with Gasteiger partial charge in [0.1, 0.15) is 11.4 Å². The van der Waals surface area contributed by atoms with E-state index in [1.54, 1.807) is 0 Å². The van der Waals surface area contributed by atoms with Crippen LogP contribution in [-0.4, -0.2) is 15.5 Å². The number of halogens is 4. The van der Waals surface area contributed by atoms with Crippen molar-refractivity contribution in [1.29, 1.82) is 0 Å².